The van der Waals surface area contributed by atoms with E-state index in [9.17, 15) is 0 Å². The summed E-state index contributed by atoms with van der Waals surface area (Å²) in [5.41, 5.74) is 15.1. The molecule has 9 aromatic carbocycles. The maximum absolute atomic E-state index is 6.69. The minimum atomic E-state index is -0.135. The standard InChI is InChI=1S/C55H37NOS/c1-55(2)47-21-8-5-15-40(47)41-32-30-37(33-48(41)55)56(36-28-25-35(26-29-36)39-18-11-20-45-43-17-7-10-24-51(43)58-54(39)45)49-22-9-6-16-42(49)44-19-12-23-50-52(44)46-31-27-34-13-3-4-14-38(34)53(46)57-50/h3-33H,1-2H3. The summed E-state index contributed by atoms with van der Waals surface area (Å²) < 4.78 is 9.34. The Morgan fingerprint density at radius 3 is 2.03 bits per heavy atom. The monoisotopic (exact) mass is 759 g/mol. The number of hydrogen-bond acceptors (Lipinski definition) is 3. The van der Waals surface area contributed by atoms with Gasteiger partial charge in [-0.25, -0.2) is 0 Å². The lowest BCUT2D eigenvalue weighted by Crippen LogP contribution is -2.16. The molecule has 2 aromatic heterocycles. The van der Waals surface area contributed by atoms with Crippen LogP contribution in [0, 0.1) is 0 Å². The zero-order valence-corrected chi connectivity index (χ0v) is 33.0. The van der Waals surface area contributed by atoms with E-state index in [-0.39, 0.29) is 5.41 Å². The van der Waals surface area contributed by atoms with E-state index in [1.807, 2.05) is 11.3 Å². The van der Waals surface area contributed by atoms with Gasteiger partial charge in [-0.2, -0.15) is 0 Å². The van der Waals surface area contributed by atoms with Crippen molar-refractivity contribution in [3.8, 4) is 33.4 Å². The third-order valence-electron chi connectivity index (χ3n) is 12.5. The lowest BCUT2D eigenvalue weighted by atomic mass is 9.82. The zero-order chi connectivity index (χ0) is 38.5. The Morgan fingerprint density at radius 1 is 0.466 bits per heavy atom. The molecule has 0 N–H and O–H groups in total. The number of hydrogen-bond donors (Lipinski definition) is 0. The molecule has 3 heteroatoms. The van der Waals surface area contributed by atoms with E-state index in [1.165, 1.54) is 58.9 Å². The van der Waals surface area contributed by atoms with Crippen molar-refractivity contribution in [2.45, 2.75) is 19.3 Å². The predicted molar refractivity (Wildman–Crippen MR) is 247 cm³/mol. The summed E-state index contributed by atoms with van der Waals surface area (Å²) >= 11 is 1.88. The molecular weight excluding hydrogens is 723 g/mol. The third-order valence-corrected chi connectivity index (χ3v) is 13.7. The SMILES string of the molecule is CC1(C)c2ccccc2-c2ccc(N(c3ccc(-c4cccc5c4sc4ccccc45)cc3)c3ccccc3-c3cccc4oc5c6ccccc6ccc5c34)cc21. The zero-order valence-electron chi connectivity index (χ0n) is 32.2. The first kappa shape index (κ1) is 33.2. The van der Waals surface area contributed by atoms with Gasteiger partial charge in [0.1, 0.15) is 11.2 Å². The van der Waals surface area contributed by atoms with E-state index in [2.05, 4.69) is 207 Å². The molecule has 2 nitrogen and oxygen atoms in total. The Labute approximate surface area is 340 Å². The van der Waals surface area contributed by atoms with Crippen molar-refractivity contribution >= 4 is 81.3 Å². The average Bonchev–Trinajstić information content (AvgIpc) is 3.92. The molecule has 11 aromatic rings. The van der Waals surface area contributed by atoms with E-state index in [0.717, 1.165) is 55.5 Å². The summed E-state index contributed by atoms with van der Waals surface area (Å²) in [6.07, 6.45) is 0. The van der Waals surface area contributed by atoms with Crippen molar-refractivity contribution in [3.63, 3.8) is 0 Å². The van der Waals surface area contributed by atoms with Crippen LogP contribution in [0.3, 0.4) is 0 Å². The normalized spacial score (nSPS) is 13.1. The Bertz CT molecular complexity index is 3440. The molecule has 0 spiro atoms. The summed E-state index contributed by atoms with van der Waals surface area (Å²) in [6.45, 7) is 4.72. The molecule has 0 atom stereocenters. The number of anilines is 3. The first-order valence-corrected chi connectivity index (χ1v) is 20.8. The summed E-state index contributed by atoms with van der Waals surface area (Å²) in [6, 6.07) is 68.9. The van der Waals surface area contributed by atoms with Crippen LogP contribution >= 0.6 is 11.3 Å². The average molecular weight is 760 g/mol. The molecule has 1 aliphatic rings. The molecule has 0 amide bonds. The third kappa shape index (κ3) is 4.84. The Balaban J connectivity index is 1.07. The first-order chi connectivity index (χ1) is 28.5. The number of para-hydroxylation sites is 1. The van der Waals surface area contributed by atoms with Crippen LogP contribution in [0.5, 0.6) is 0 Å². The van der Waals surface area contributed by atoms with Crippen LogP contribution in [-0.4, -0.2) is 0 Å². The molecule has 2 heterocycles. The second-order valence-corrected chi connectivity index (χ2v) is 17.1. The molecule has 0 bridgehead atoms. The molecule has 0 saturated carbocycles. The van der Waals surface area contributed by atoms with Crippen LogP contribution in [0.15, 0.2) is 192 Å². The van der Waals surface area contributed by atoms with Gasteiger partial charge in [-0.3, -0.25) is 0 Å². The van der Waals surface area contributed by atoms with Crippen LogP contribution in [0.1, 0.15) is 25.0 Å². The molecule has 1 aliphatic carbocycles. The Hall–Kier alpha value is -6.94. The topological polar surface area (TPSA) is 16.4 Å². The molecular formula is C55H37NOS. The second kappa shape index (κ2) is 12.5. The van der Waals surface area contributed by atoms with Gasteiger partial charge in [0.25, 0.3) is 0 Å². The highest BCUT2D eigenvalue weighted by molar-refractivity contribution is 7.26. The first-order valence-electron chi connectivity index (χ1n) is 20.0. The minimum absolute atomic E-state index is 0.135. The van der Waals surface area contributed by atoms with Gasteiger partial charge in [0, 0.05) is 58.7 Å². The van der Waals surface area contributed by atoms with Crippen molar-refractivity contribution in [2.75, 3.05) is 4.90 Å². The maximum Gasteiger partial charge on any atom is 0.143 e. The molecule has 58 heavy (non-hydrogen) atoms. The summed E-state index contributed by atoms with van der Waals surface area (Å²) in [4.78, 5) is 2.45. The fraction of sp³-hybridized carbons (Fsp3) is 0.0545. The van der Waals surface area contributed by atoms with Crippen molar-refractivity contribution in [2.24, 2.45) is 0 Å². The molecule has 0 fully saturated rings. The van der Waals surface area contributed by atoms with Gasteiger partial charge in [-0.05, 0) is 92.9 Å². The molecule has 0 aliphatic heterocycles. The van der Waals surface area contributed by atoms with Crippen molar-refractivity contribution < 1.29 is 4.42 Å². The van der Waals surface area contributed by atoms with Crippen molar-refractivity contribution in [3.05, 3.63) is 199 Å². The highest BCUT2D eigenvalue weighted by Crippen LogP contribution is 2.52. The molecule has 274 valence electrons. The van der Waals surface area contributed by atoms with Gasteiger partial charge in [0.15, 0.2) is 0 Å². The summed E-state index contributed by atoms with van der Waals surface area (Å²) in [7, 11) is 0. The highest BCUT2D eigenvalue weighted by Gasteiger charge is 2.36. The van der Waals surface area contributed by atoms with Gasteiger partial charge in [0.2, 0.25) is 0 Å². The van der Waals surface area contributed by atoms with Crippen LogP contribution in [0.25, 0.3) is 86.3 Å². The molecule has 0 radical (unpaired) electrons. The van der Waals surface area contributed by atoms with E-state index >= 15 is 0 Å². The van der Waals surface area contributed by atoms with Crippen LogP contribution in [0.4, 0.5) is 17.1 Å². The number of thiophene rings is 1. The van der Waals surface area contributed by atoms with E-state index in [4.69, 9.17) is 4.42 Å². The molecule has 0 saturated heterocycles. The Morgan fingerprint density at radius 2 is 1.14 bits per heavy atom. The molecule has 12 rings (SSSR count). The maximum atomic E-state index is 6.69. The second-order valence-electron chi connectivity index (χ2n) is 16.0. The fourth-order valence-electron chi connectivity index (χ4n) is 9.70. The van der Waals surface area contributed by atoms with Crippen LogP contribution in [-0.2, 0) is 5.41 Å². The van der Waals surface area contributed by atoms with Gasteiger partial charge in [-0.1, -0.05) is 153 Å². The number of fused-ring (bicyclic) bond motifs is 11. The highest BCUT2D eigenvalue weighted by atomic mass is 32.1. The smallest absolute Gasteiger partial charge is 0.143 e. The van der Waals surface area contributed by atoms with Gasteiger partial charge >= 0.3 is 0 Å². The number of furan rings is 1. The van der Waals surface area contributed by atoms with E-state index in [1.54, 1.807) is 0 Å². The van der Waals surface area contributed by atoms with E-state index in [0.29, 0.717) is 0 Å². The van der Waals surface area contributed by atoms with Gasteiger partial charge in [0.05, 0.1) is 5.69 Å². The Kier molecular flexibility index (Phi) is 7.18. The lowest BCUT2D eigenvalue weighted by Gasteiger charge is -2.30. The number of benzene rings is 9. The number of nitrogens with zero attached hydrogens (tertiary/aromatic N) is 1. The minimum Gasteiger partial charge on any atom is -0.455 e. The number of rotatable bonds is 5. The summed E-state index contributed by atoms with van der Waals surface area (Å²) in [5.74, 6) is 0. The fourth-order valence-corrected chi connectivity index (χ4v) is 10.9. The van der Waals surface area contributed by atoms with Gasteiger partial charge < -0.3 is 9.32 Å². The van der Waals surface area contributed by atoms with E-state index < -0.39 is 0 Å². The van der Waals surface area contributed by atoms with Gasteiger partial charge in [-0.15, -0.1) is 11.3 Å². The quantitative estimate of drug-likeness (QED) is 0.174. The van der Waals surface area contributed by atoms with Crippen LogP contribution in [0.2, 0.25) is 0 Å². The van der Waals surface area contributed by atoms with Crippen molar-refractivity contribution in [1.29, 1.82) is 0 Å². The molecule has 0 unspecified atom stereocenters. The van der Waals surface area contributed by atoms with Crippen molar-refractivity contribution in [1.82, 2.24) is 0 Å². The van der Waals surface area contributed by atoms with Crippen LogP contribution < -0.4 is 4.90 Å². The summed E-state index contributed by atoms with van der Waals surface area (Å²) in [5, 5.41) is 7.20. The lowest BCUT2D eigenvalue weighted by molar-refractivity contribution is 0.660. The largest absolute Gasteiger partial charge is 0.455 e. The predicted octanol–water partition coefficient (Wildman–Crippen LogP) is 16.2.